The molecule has 0 bridgehead atoms. The predicted octanol–water partition coefficient (Wildman–Crippen LogP) is -1.63. The van der Waals surface area contributed by atoms with Crippen molar-refractivity contribution < 1.29 is 9.59 Å². The Balaban J connectivity index is 3.03. The first-order chi connectivity index (χ1) is 6.11. The molecule has 68 valence electrons. The van der Waals surface area contributed by atoms with Crippen LogP contribution in [-0.2, 0) is 9.59 Å². The third-order valence-electron chi connectivity index (χ3n) is 1.35. The molecule has 0 radical (unpaired) electrons. The molecule has 0 fully saturated rings. The molecule has 0 atom stereocenters. The van der Waals surface area contributed by atoms with E-state index in [-0.39, 0.29) is 18.0 Å². The zero-order valence-corrected chi connectivity index (χ0v) is 6.73. The fourth-order valence-electron chi connectivity index (χ4n) is 0.775. The smallest absolute Gasteiger partial charge is 0.267 e. The van der Waals surface area contributed by atoms with E-state index in [1.807, 2.05) is 0 Å². The summed E-state index contributed by atoms with van der Waals surface area (Å²) in [4.78, 5) is 28.9. The number of rotatable bonds is 2. The van der Waals surface area contributed by atoms with Gasteiger partial charge < -0.3 is 11.5 Å². The van der Waals surface area contributed by atoms with Crippen molar-refractivity contribution in [2.24, 2.45) is 21.5 Å². The van der Waals surface area contributed by atoms with Crippen molar-refractivity contribution >= 4 is 23.7 Å². The molecular formula is C7H8N4O2. The molecule has 2 amide bonds. The third kappa shape index (κ3) is 2.22. The zero-order chi connectivity index (χ0) is 9.84. The van der Waals surface area contributed by atoms with Crippen LogP contribution in [0, 0.1) is 0 Å². The number of carbonyl (C=O) groups is 2. The lowest BCUT2D eigenvalue weighted by atomic mass is 10.3. The molecule has 0 aromatic rings. The van der Waals surface area contributed by atoms with Crippen molar-refractivity contribution in [1.82, 2.24) is 0 Å². The van der Waals surface area contributed by atoms with Crippen LogP contribution < -0.4 is 11.5 Å². The molecule has 6 nitrogen and oxygen atoms in total. The van der Waals surface area contributed by atoms with Gasteiger partial charge in [-0.2, -0.15) is 0 Å². The summed E-state index contributed by atoms with van der Waals surface area (Å²) in [5.41, 5.74) is 9.94. The number of nitrogens with zero attached hydrogens (tertiary/aromatic N) is 2. The van der Waals surface area contributed by atoms with Gasteiger partial charge in [-0.15, -0.1) is 0 Å². The minimum Gasteiger partial charge on any atom is -0.364 e. The first kappa shape index (κ1) is 9.11. The molecule has 0 aliphatic carbocycles. The summed E-state index contributed by atoms with van der Waals surface area (Å²) in [6.07, 6.45) is 2.56. The van der Waals surface area contributed by atoms with Gasteiger partial charge in [0, 0.05) is 12.3 Å². The van der Waals surface area contributed by atoms with Crippen LogP contribution in [0.3, 0.4) is 0 Å². The molecular weight excluding hydrogens is 172 g/mol. The Morgan fingerprint density at radius 3 is 2.54 bits per heavy atom. The Bertz CT molecular complexity index is 340. The van der Waals surface area contributed by atoms with Gasteiger partial charge in [-0.3, -0.25) is 19.6 Å². The first-order valence-corrected chi connectivity index (χ1v) is 3.49. The number of aliphatic imine (C=N–C) groups is 2. The summed E-state index contributed by atoms with van der Waals surface area (Å²) in [7, 11) is 0. The largest absolute Gasteiger partial charge is 0.364 e. The van der Waals surface area contributed by atoms with Crippen molar-refractivity contribution in [1.29, 1.82) is 0 Å². The molecule has 1 rings (SSSR count). The fraction of sp³-hybridized carbons (Fsp3) is 0.143. The maximum atomic E-state index is 10.7. The molecule has 1 aliphatic heterocycles. The van der Waals surface area contributed by atoms with Crippen molar-refractivity contribution in [3.8, 4) is 0 Å². The molecule has 0 aromatic heterocycles. The van der Waals surface area contributed by atoms with E-state index in [1.165, 1.54) is 12.3 Å². The molecule has 0 aromatic carbocycles. The highest BCUT2D eigenvalue weighted by atomic mass is 16.1. The summed E-state index contributed by atoms with van der Waals surface area (Å²) in [6.45, 7) is 0.214. The van der Waals surface area contributed by atoms with E-state index >= 15 is 0 Å². The molecule has 13 heavy (non-hydrogen) atoms. The van der Waals surface area contributed by atoms with Crippen LogP contribution >= 0.6 is 0 Å². The Labute approximate surface area is 74.0 Å². The molecule has 0 saturated heterocycles. The van der Waals surface area contributed by atoms with E-state index in [0.29, 0.717) is 0 Å². The quantitative estimate of drug-likeness (QED) is 0.531. The van der Waals surface area contributed by atoms with Gasteiger partial charge in [0.05, 0.1) is 6.54 Å². The second-order valence-corrected chi connectivity index (χ2v) is 2.30. The van der Waals surface area contributed by atoms with Crippen LogP contribution in [0.15, 0.2) is 21.8 Å². The minimum absolute atomic E-state index is 0.00583. The Morgan fingerprint density at radius 2 is 2.00 bits per heavy atom. The van der Waals surface area contributed by atoms with Gasteiger partial charge in [0.25, 0.3) is 11.8 Å². The number of carbonyl (C=O) groups excluding carboxylic acids is 2. The monoisotopic (exact) mass is 180 g/mol. The van der Waals surface area contributed by atoms with Gasteiger partial charge in [0.1, 0.15) is 11.4 Å². The number of hydrogen-bond acceptors (Lipinski definition) is 4. The molecule has 4 N–H and O–H groups in total. The molecule has 0 spiro atoms. The van der Waals surface area contributed by atoms with Gasteiger partial charge >= 0.3 is 0 Å². The number of primary amides is 2. The Morgan fingerprint density at radius 1 is 1.31 bits per heavy atom. The second kappa shape index (κ2) is 3.61. The predicted molar refractivity (Wildman–Crippen MR) is 47.3 cm³/mol. The third-order valence-corrected chi connectivity index (χ3v) is 1.35. The van der Waals surface area contributed by atoms with Gasteiger partial charge in [-0.05, 0) is 0 Å². The lowest BCUT2D eigenvalue weighted by Gasteiger charge is -1.93. The molecule has 0 saturated carbocycles. The molecule has 0 unspecified atom stereocenters. The van der Waals surface area contributed by atoms with E-state index in [9.17, 15) is 9.59 Å². The number of nitrogens with two attached hydrogens (primary N) is 2. The second-order valence-electron chi connectivity index (χ2n) is 2.30. The summed E-state index contributed by atoms with van der Waals surface area (Å²) in [6, 6.07) is 0. The highest BCUT2D eigenvalue weighted by molar-refractivity contribution is 6.43. The maximum absolute atomic E-state index is 10.7. The summed E-state index contributed by atoms with van der Waals surface area (Å²) >= 11 is 0. The Kier molecular flexibility index (Phi) is 2.53. The van der Waals surface area contributed by atoms with Crippen LogP contribution in [0.4, 0.5) is 0 Å². The van der Waals surface area contributed by atoms with E-state index in [4.69, 9.17) is 11.5 Å². The van der Waals surface area contributed by atoms with Gasteiger partial charge in [-0.25, -0.2) is 0 Å². The van der Waals surface area contributed by atoms with E-state index < -0.39 is 11.8 Å². The number of hydrogen-bond donors (Lipinski definition) is 2. The van der Waals surface area contributed by atoms with Crippen molar-refractivity contribution in [2.45, 2.75) is 0 Å². The highest BCUT2D eigenvalue weighted by Gasteiger charge is 2.10. The minimum atomic E-state index is -0.716. The van der Waals surface area contributed by atoms with Gasteiger partial charge in [0.15, 0.2) is 0 Å². The number of amides is 2. The SMILES string of the molecule is NC(=O)C1=CC(C(N)=O)=NCC=N1. The van der Waals surface area contributed by atoms with Crippen LogP contribution in [0.2, 0.25) is 0 Å². The highest BCUT2D eigenvalue weighted by Crippen LogP contribution is 1.99. The fourth-order valence-corrected chi connectivity index (χ4v) is 0.775. The average molecular weight is 180 g/mol. The van der Waals surface area contributed by atoms with Crippen molar-refractivity contribution in [3.05, 3.63) is 11.8 Å². The molecule has 1 heterocycles. The van der Waals surface area contributed by atoms with E-state index in [2.05, 4.69) is 9.98 Å². The average Bonchev–Trinajstić information content (AvgIpc) is 2.28. The Hall–Kier alpha value is -1.98. The van der Waals surface area contributed by atoms with Crippen LogP contribution in [0.5, 0.6) is 0 Å². The summed E-state index contributed by atoms with van der Waals surface area (Å²) < 4.78 is 0. The van der Waals surface area contributed by atoms with Crippen molar-refractivity contribution in [2.75, 3.05) is 6.54 Å². The topological polar surface area (TPSA) is 111 Å². The van der Waals surface area contributed by atoms with E-state index in [0.717, 1.165) is 0 Å². The van der Waals surface area contributed by atoms with Gasteiger partial charge in [-0.1, -0.05) is 0 Å². The molecule has 6 heteroatoms. The van der Waals surface area contributed by atoms with Crippen molar-refractivity contribution in [3.63, 3.8) is 0 Å². The van der Waals surface area contributed by atoms with Crippen LogP contribution in [0.1, 0.15) is 0 Å². The zero-order valence-electron chi connectivity index (χ0n) is 6.73. The van der Waals surface area contributed by atoms with E-state index in [1.54, 1.807) is 0 Å². The standard InChI is InChI=1S/C7H8N4O2/c8-6(12)4-3-5(7(9)13)11-2-1-10-4/h1,3H,2H2,(H2,8,12)(H2,9,13). The summed E-state index contributed by atoms with van der Waals surface area (Å²) in [5.74, 6) is -1.42. The normalized spacial score (nSPS) is 15.7. The molecule has 1 aliphatic rings. The first-order valence-electron chi connectivity index (χ1n) is 3.49. The lowest BCUT2D eigenvalue weighted by Crippen LogP contribution is -2.23. The summed E-state index contributed by atoms with van der Waals surface area (Å²) in [5, 5.41) is 0. The maximum Gasteiger partial charge on any atom is 0.267 e. The van der Waals surface area contributed by atoms with Gasteiger partial charge in [0.2, 0.25) is 0 Å². The van der Waals surface area contributed by atoms with Crippen LogP contribution in [0.25, 0.3) is 0 Å². The lowest BCUT2D eigenvalue weighted by molar-refractivity contribution is -0.114. The van der Waals surface area contributed by atoms with Crippen LogP contribution in [-0.4, -0.2) is 30.3 Å².